The molecule has 5 nitrogen and oxygen atoms in total. The van der Waals surface area contributed by atoms with E-state index in [9.17, 15) is 5.26 Å². The number of nitriles is 1. The van der Waals surface area contributed by atoms with E-state index in [-0.39, 0.29) is 0 Å². The average molecular weight is 846 g/mol. The molecule has 13 aromatic rings. The Bertz CT molecular complexity index is 3950. The van der Waals surface area contributed by atoms with Crippen LogP contribution < -0.4 is 0 Å². The molecule has 6 heteroatoms. The molecular formula is C59H35N5S. The van der Waals surface area contributed by atoms with E-state index in [0.29, 0.717) is 11.4 Å². The second-order valence-electron chi connectivity index (χ2n) is 16.4. The molecule has 0 aliphatic carbocycles. The number of benzene rings is 9. The minimum Gasteiger partial charge on any atom is -0.309 e. The number of hydrogen-bond donors (Lipinski definition) is 0. The van der Waals surface area contributed by atoms with Crippen molar-refractivity contribution in [3.05, 3.63) is 218 Å². The smallest absolute Gasteiger partial charge is 0.160 e. The van der Waals surface area contributed by atoms with Gasteiger partial charge in [0.2, 0.25) is 0 Å². The first kappa shape index (κ1) is 37.0. The maximum atomic E-state index is 10.3. The molecule has 4 heterocycles. The summed E-state index contributed by atoms with van der Waals surface area (Å²) >= 11 is 1.74. The first-order valence-electron chi connectivity index (χ1n) is 21.7. The van der Waals surface area contributed by atoms with Crippen molar-refractivity contribution < 1.29 is 0 Å². The van der Waals surface area contributed by atoms with Crippen LogP contribution in [0.3, 0.4) is 0 Å². The summed E-state index contributed by atoms with van der Waals surface area (Å²) in [5.74, 6) is 0.693. The van der Waals surface area contributed by atoms with Crippen LogP contribution in [0.2, 0.25) is 0 Å². The topological polar surface area (TPSA) is 59.4 Å². The van der Waals surface area contributed by atoms with Crippen molar-refractivity contribution in [2.45, 2.75) is 0 Å². The van der Waals surface area contributed by atoms with E-state index in [4.69, 9.17) is 9.97 Å². The summed E-state index contributed by atoms with van der Waals surface area (Å²) < 4.78 is 7.01. The van der Waals surface area contributed by atoms with Gasteiger partial charge in [0.25, 0.3) is 0 Å². The Morgan fingerprint density at radius 3 is 1.57 bits per heavy atom. The summed E-state index contributed by atoms with van der Waals surface area (Å²) in [6.07, 6.45) is 0. The fourth-order valence-electron chi connectivity index (χ4n) is 9.85. The standard InChI is InChI=1S/C59H35N5S/c60-36-37-28-30-52-48(32-37)49-35-42(63-50-25-13-10-22-43(50)44-23-11-14-26-51(44)63)29-31-53(49)64(52)57-46(38-16-4-1-5-17-38)33-41(34-47(57)39-18-6-2-7-19-39)55-58-56(45-24-12-15-27-54(45)65-58)62-59(61-55)40-20-8-3-9-21-40/h1-35H. The van der Waals surface area contributed by atoms with Gasteiger partial charge in [0, 0.05) is 59.6 Å². The van der Waals surface area contributed by atoms with Gasteiger partial charge in [-0.1, -0.05) is 146 Å². The van der Waals surface area contributed by atoms with Crippen LogP contribution in [-0.2, 0) is 0 Å². The summed E-state index contributed by atoms with van der Waals surface area (Å²) in [5.41, 5.74) is 15.2. The molecule has 0 bridgehead atoms. The third-order valence-electron chi connectivity index (χ3n) is 12.7. The number of para-hydroxylation sites is 2. The second kappa shape index (κ2) is 14.7. The van der Waals surface area contributed by atoms with E-state index in [1.807, 2.05) is 30.3 Å². The summed E-state index contributed by atoms with van der Waals surface area (Å²) in [6.45, 7) is 0. The van der Waals surface area contributed by atoms with Gasteiger partial charge in [-0.2, -0.15) is 5.26 Å². The van der Waals surface area contributed by atoms with Gasteiger partial charge in [-0.3, -0.25) is 0 Å². The van der Waals surface area contributed by atoms with Crippen LogP contribution >= 0.6 is 11.3 Å². The molecule has 0 spiro atoms. The van der Waals surface area contributed by atoms with Gasteiger partial charge in [-0.25, -0.2) is 9.97 Å². The van der Waals surface area contributed by atoms with E-state index in [1.54, 1.807) is 11.3 Å². The molecule has 0 saturated carbocycles. The Morgan fingerprint density at radius 1 is 0.415 bits per heavy atom. The number of thiophene rings is 1. The van der Waals surface area contributed by atoms with Gasteiger partial charge in [0.1, 0.15) is 0 Å². The van der Waals surface area contributed by atoms with Gasteiger partial charge in [0.15, 0.2) is 5.82 Å². The largest absolute Gasteiger partial charge is 0.309 e. The van der Waals surface area contributed by atoms with Crippen molar-refractivity contribution in [2.75, 3.05) is 0 Å². The predicted octanol–water partition coefficient (Wildman–Crippen LogP) is 15.6. The maximum absolute atomic E-state index is 10.3. The molecule has 0 aliphatic rings. The highest BCUT2D eigenvalue weighted by Gasteiger charge is 2.25. The fraction of sp³-hybridized carbons (Fsp3) is 0. The summed E-state index contributed by atoms with van der Waals surface area (Å²) in [6, 6.07) is 77.4. The van der Waals surface area contributed by atoms with Gasteiger partial charge < -0.3 is 9.13 Å². The van der Waals surface area contributed by atoms with E-state index < -0.39 is 0 Å². The zero-order valence-corrected chi connectivity index (χ0v) is 35.7. The van der Waals surface area contributed by atoms with Crippen molar-refractivity contribution in [1.82, 2.24) is 19.1 Å². The maximum Gasteiger partial charge on any atom is 0.160 e. The average Bonchev–Trinajstić information content (AvgIpc) is 4.03. The molecule has 302 valence electrons. The van der Waals surface area contributed by atoms with Crippen molar-refractivity contribution in [3.63, 3.8) is 0 Å². The van der Waals surface area contributed by atoms with Crippen molar-refractivity contribution in [1.29, 1.82) is 5.26 Å². The molecule has 4 aromatic heterocycles. The lowest BCUT2D eigenvalue weighted by Gasteiger charge is -2.21. The lowest BCUT2D eigenvalue weighted by atomic mass is 9.91. The number of rotatable bonds is 6. The van der Waals surface area contributed by atoms with Crippen LogP contribution in [0.25, 0.3) is 120 Å². The number of aromatic nitrogens is 4. The molecular weight excluding hydrogens is 811 g/mol. The summed E-state index contributed by atoms with van der Waals surface area (Å²) in [5, 5.41) is 15.9. The van der Waals surface area contributed by atoms with Crippen molar-refractivity contribution in [2.24, 2.45) is 0 Å². The minimum atomic E-state index is 0.617. The lowest BCUT2D eigenvalue weighted by Crippen LogP contribution is -2.03. The molecule has 0 fully saturated rings. The first-order chi connectivity index (χ1) is 32.2. The minimum absolute atomic E-state index is 0.617. The molecule has 65 heavy (non-hydrogen) atoms. The molecule has 0 N–H and O–H groups in total. The number of fused-ring (bicyclic) bond motifs is 9. The quantitative estimate of drug-likeness (QED) is 0.167. The summed E-state index contributed by atoms with van der Waals surface area (Å²) in [7, 11) is 0. The zero-order chi connectivity index (χ0) is 43.0. The van der Waals surface area contributed by atoms with Crippen LogP contribution in [0.5, 0.6) is 0 Å². The second-order valence-corrected chi connectivity index (χ2v) is 17.5. The van der Waals surface area contributed by atoms with Crippen LogP contribution in [0.15, 0.2) is 212 Å². The predicted molar refractivity (Wildman–Crippen MR) is 270 cm³/mol. The van der Waals surface area contributed by atoms with Gasteiger partial charge in [-0.15, -0.1) is 11.3 Å². The molecule has 9 aromatic carbocycles. The molecule has 13 rings (SSSR count). The third kappa shape index (κ3) is 5.84. The lowest BCUT2D eigenvalue weighted by molar-refractivity contribution is 1.17. The highest BCUT2D eigenvalue weighted by molar-refractivity contribution is 7.26. The Morgan fingerprint density at radius 2 is 0.938 bits per heavy atom. The number of nitrogens with zero attached hydrogens (tertiary/aromatic N) is 5. The highest BCUT2D eigenvalue weighted by Crippen LogP contribution is 2.47. The van der Waals surface area contributed by atoms with E-state index in [1.165, 1.54) is 15.5 Å². The zero-order valence-electron chi connectivity index (χ0n) is 34.9. The fourth-order valence-corrected chi connectivity index (χ4v) is 11.0. The van der Waals surface area contributed by atoms with Crippen LogP contribution in [0, 0.1) is 11.3 Å². The van der Waals surface area contributed by atoms with E-state index >= 15 is 0 Å². The van der Waals surface area contributed by atoms with Crippen LogP contribution in [-0.4, -0.2) is 19.1 Å². The monoisotopic (exact) mass is 845 g/mol. The third-order valence-corrected chi connectivity index (χ3v) is 13.9. The van der Waals surface area contributed by atoms with Crippen molar-refractivity contribution >= 4 is 75.3 Å². The van der Waals surface area contributed by atoms with Crippen molar-refractivity contribution in [3.8, 4) is 62.3 Å². The first-order valence-corrected chi connectivity index (χ1v) is 22.5. The Kier molecular flexibility index (Phi) is 8.39. The highest BCUT2D eigenvalue weighted by atomic mass is 32.1. The van der Waals surface area contributed by atoms with Crippen LogP contribution in [0.1, 0.15) is 5.56 Å². The number of hydrogen-bond acceptors (Lipinski definition) is 4. The molecule has 0 unspecified atom stereocenters. The summed E-state index contributed by atoms with van der Waals surface area (Å²) in [4.78, 5) is 10.7. The van der Waals surface area contributed by atoms with Crippen LogP contribution in [0.4, 0.5) is 0 Å². The Hall–Kier alpha value is -8.63. The van der Waals surface area contributed by atoms with Gasteiger partial charge >= 0.3 is 0 Å². The van der Waals surface area contributed by atoms with Gasteiger partial charge in [-0.05, 0) is 77.9 Å². The van der Waals surface area contributed by atoms with E-state index in [2.05, 4.69) is 197 Å². The normalized spacial score (nSPS) is 11.7. The Labute approximate surface area is 378 Å². The van der Waals surface area contributed by atoms with E-state index in [0.717, 1.165) is 98.9 Å². The molecule has 0 aliphatic heterocycles. The Balaban J connectivity index is 1.15. The molecule has 0 amide bonds. The molecule has 0 radical (unpaired) electrons. The van der Waals surface area contributed by atoms with Gasteiger partial charge in [0.05, 0.1) is 55.3 Å². The molecule has 0 saturated heterocycles. The molecule has 0 atom stereocenters. The SMILES string of the molecule is N#Cc1ccc2c(c1)c1cc(-n3c4ccccc4c4ccccc43)ccc1n2-c1c(-c2ccccc2)cc(-c2nc(-c3ccccc3)nc3c2sc2ccccc23)cc1-c1ccccc1.